The summed E-state index contributed by atoms with van der Waals surface area (Å²) in [5, 5.41) is 0. The number of aromatic nitrogens is 1. The summed E-state index contributed by atoms with van der Waals surface area (Å²) in [7, 11) is 0. The second kappa shape index (κ2) is 8.12. The highest BCUT2D eigenvalue weighted by atomic mass is 16.5. The number of benzene rings is 1. The summed E-state index contributed by atoms with van der Waals surface area (Å²) in [6.07, 6.45) is 3.64. The molecule has 0 spiro atoms. The van der Waals surface area contributed by atoms with Crippen LogP contribution >= 0.6 is 0 Å². The molecular weight excluding hydrogens is 314 g/mol. The van der Waals surface area contributed by atoms with Gasteiger partial charge in [-0.2, -0.15) is 0 Å². The largest absolute Gasteiger partial charge is 0.483 e. The lowest BCUT2D eigenvalue weighted by molar-refractivity contribution is -0.135. The third-order valence-corrected chi connectivity index (χ3v) is 4.79. The third kappa shape index (κ3) is 4.57. The van der Waals surface area contributed by atoms with Gasteiger partial charge in [0.2, 0.25) is 0 Å². The number of aryl methyl sites for hydroxylation is 1. The van der Waals surface area contributed by atoms with Crippen molar-refractivity contribution in [3.8, 4) is 5.75 Å². The number of pyridine rings is 1. The summed E-state index contributed by atoms with van der Waals surface area (Å²) in [5.41, 5.74) is 3.53. The van der Waals surface area contributed by atoms with Crippen molar-refractivity contribution in [1.82, 2.24) is 14.8 Å². The normalized spacial score (nSPS) is 15.2. The second-order valence-electron chi connectivity index (χ2n) is 6.50. The summed E-state index contributed by atoms with van der Waals surface area (Å²) >= 11 is 0. The molecule has 1 aliphatic heterocycles. The summed E-state index contributed by atoms with van der Waals surface area (Å²) in [4.78, 5) is 20.7. The number of nitrogens with zero attached hydrogens (tertiary/aromatic N) is 3. The van der Waals surface area contributed by atoms with Crippen LogP contribution in [0.2, 0.25) is 0 Å². The number of hydrogen-bond acceptors (Lipinski definition) is 4. The van der Waals surface area contributed by atoms with Gasteiger partial charge < -0.3 is 9.64 Å². The van der Waals surface area contributed by atoms with Crippen LogP contribution in [0, 0.1) is 13.8 Å². The number of ether oxygens (including phenoxy) is 1. The van der Waals surface area contributed by atoms with Gasteiger partial charge in [0.25, 0.3) is 5.91 Å². The second-order valence-corrected chi connectivity index (χ2v) is 6.50. The Bertz CT molecular complexity index is 710. The lowest BCUT2D eigenvalue weighted by Crippen LogP contribution is -2.49. The van der Waals surface area contributed by atoms with Crippen LogP contribution in [0.5, 0.6) is 5.75 Å². The van der Waals surface area contributed by atoms with E-state index < -0.39 is 0 Å². The van der Waals surface area contributed by atoms with Crippen LogP contribution in [0.4, 0.5) is 0 Å². The molecule has 5 heteroatoms. The molecule has 1 saturated heterocycles. The van der Waals surface area contributed by atoms with Crippen molar-refractivity contribution in [1.29, 1.82) is 0 Å². The van der Waals surface area contributed by atoms with Gasteiger partial charge in [-0.25, -0.2) is 0 Å². The van der Waals surface area contributed by atoms with E-state index in [1.165, 1.54) is 11.1 Å². The molecule has 132 valence electrons. The average molecular weight is 339 g/mol. The summed E-state index contributed by atoms with van der Waals surface area (Å²) in [5.74, 6) is 0.856. The Hall–Kier alpha value is -2.40. The van der Waals surface area contributed by atoms with E-state index in [0.717, 1.165) is 44.0 Å². The van der Waals surface area contributed by atoms with Gasteiger partial charge in [-0.05, 0) is 48.7 Å². The maximum absolute atomic E-state index is 12.4. The molecule has 1 aromatic carbocycles. The van der Waals surface area contributed by atoms with E-state index in [0.29, 0.717) is 0 Å². The molecule has 5 nitrogen and oxygen atoms in total. The first kappa shape index (κ1) is 17.4. The van der Waals surface area contributed by atoms with Crippen LogP contribution in [0.25, 0.3) is 0 Å². The van der Waals surface area contributed by atoms with Crippen LogP contribution in [0.3, 0.4) is 0 Å². The Balaban J connectivity index is 1.46. The third-order valence-electron chi connectivity index (χ3n) is 4.79. The van der Waals surface area contributed by atoms with Crippen molar-refractivity contribution in [3.63, 3.8) is 0 Å². The fraction of sp³-hybridized carbons (Fsp3) is 0.400. The molecule has 0 unspecified atom stereocenters. The molecular formula is C20H25N3O2. The molecule has 2 heterocycles. The minimum absolute atomic E-state index is 0.0597. The predicted octanol–water partition coefficient (Wildman–Crippen LogP) is 2.42. The van der Waals surface area contributed by atoms with Gasteiger partial charge in [0.05, 0.1) is 0 Å². The average Bonchev–Trinajstić information content (AvgIpc) is 2.64. The molecule has 1 aromatic heterocycles. The SMILES string of the molecule is Cc1cccc(OCC(=O)N2CCN(Cc3ccncc3)CC2)c1C. The lowest BCUT2D eigenvalue weighted by atomic mass is 10.1. The first-order chi connectivity index (χ1) is 12.1. The van der Waals surface area contributed by atoms with E-state index in [1.807, 2.05) is 61.5 Å². The van der Waals surface area contributed by atoms with Gasteiger partial charge in [-0.3, -0.25) is 14.7 Å². The molecule has 25 heavy (non-hydrogen) atoms. The molecule has 0 aliphatic carbocycles. The van der Waals surface area contributed by atoms with E-state index in [-0.39, 0.29) is 12.5 Å². The highest BCUT2D eigenvalue weighted by Gasteiger charge is 2.21. The standard InChI is InChI=1S/C20H25N3O2/c1-16-4-3-5-19(17(16)2)25-15-20(24)23-12-10-22(11-13-23)14-18-6-8-21-9-7-18/h3-9H,10-15H2,1-2H3. The zero-order valence-corrected chi connectivity index (χ0v) is 14.9. The van der Waals surface area contributed by atoms with Crippen LogP contribution in [0.1, 0.15) is 16.7 Å². The highest BCUT2D eigenvalue weighted by Crippen LogP contribution is 2.20. The number of piperazine rings is 1. The number of carbonyl (C=O) groups excluding carboxylic acids is 1. The molecule has 1 aliphatic rings. The van der Waals surface area contributed by atoms with E-state index in [2.05, 4.69) is 9.88 Å². The Kier molecular flexibility index (Phi) is 5.66. The van der Waals surface area contributed by atoms with E-state index >= 15 is 0 Å². The lowest BCUT2D eigenvalue weighted by Gasteiger charge is -2.34. The van der Waals surface area contributed by atoms with Crippen LogP contribution in [0.15, 0.2) is 42.7 Å². The highest BCUT2D eigenvalue weighted by molar-refractivity contribution is 5.78. The van der Waals surface area contributed by atoms with Gasteiger partial charge in [0, 0.05) is 45.1 Å². The van der Waals surface area contributed by atoms with E-state index in [9.17, 15) is 4.79 Å². The van der Waals surface area contributed by atoms with Crippen molar-refractivity contribution in [2.75, 3.05) is 32.8 Å². The zero-order valence-electron chi connectivity index (χ0n) is 14.9. The van der Waals surface area contributed by atoms with Crippen LogP contribution in [-0.2, 0) is 11.3 Å². The maximum atomic E-state index is 12.4. The molecule has 2 aromatic rings. The Morgan fingerprint density at radius 1 is 1.08 bits per heavy atom. The predicted molar refractivity (Wildman–Crippen MR) is 97.5 cm³/mol. The molecule has 0 saturated carbocycles. The smallest absolute Gasteiger partial charge is 0.260 e. The maximum Gasteiger partial charge on any atom is 0.260 e. The van der Waals surface area contributed by atoms with E-state index in [1.54, 1.807) is 0 Å². The Labute approximate surface area is 149 Å². The molecule has 0 N–H and O–H groups in total. The van der Waals surface area contributed by atoms with Crippen LogP contribution in [-0.4, -0.2) is 53.5 Å². The Morgan fingerprint density at radius 3 is 2.52 bits per heavy atom. The minimum atomic E-state index is 0.0597. The van der Waals surface area contributed by atoms with Gasteiger partial charge in [0.15, 0.2) is 6.61 Å². The fourth-order valence-corrected chi connectivity index (χ4v) is 3.01. The Morgan fingerprint density at radius 2 is 1.80 bits per heavy atom. The molecule has 0 radical (unpaired) electrons. The first-order valence-corrected chi connectivity index (χ1v) is 8.71. The van der Waals surface area contributed by atoms with Gasteiger partial charge >= 0.3 is 0 Å². The fourth-order valence-electron chi connectivity index (χ4n) is 3.01. The minimum Gasteiger partial charge on any atom is -0.483 e. The topological polar surface area (TPSA) is 45.7 Å². The van der Waals surface area contributed by atoms with Gasteiger partial charge in [0.1, 0.15) is 5.75 Å². The molecule has 0 bridgehead atoms. The number of hydrogen-bond donors (Lipinski definition) is 0. The molecule has 1 amide bonds. The first-order valence-electron chi connectivity index (χ1n) is 8.71. The quantitative estimate of drug-likeness (QED) is 0.839. The van der Waals surface area contributed by atoms with E-state index in [4.69, 9.17) is 4.74 Å². The molecule has 0 atom stereocenters. The number of rotatable bonds is 5. The summed E-state index contributed by atoms with van der Waals surface area (Å²) in [6.45, 7) is 8.35. The molecule has 3 rings (SSSR count). The number of amides is 1. The van der Waals surface area contributed by atoms with Gasteiger partial charge in [-0.1, -0.05) is 12.1 Å². The van der Waals surface area contributed by atoms with Crippen molar-refractivity contribution in [2.45, 2.75) is 20.4 Å². The van der Waals surface area contributed by atoms with Crippen molar-refractivity contribution >= 4 is 5.91 Å². The molecule has 1 fully saturated rings. The number of carbonyl (C=O) groups is 1. The van der Waals surface area contributed by atoms with Gasteiger partial charge in [-0.15, -0.1) is 0 Å². The monoisotopic (exact) mass is 339 g/mol. The van der Waals surface area contributed by atoms with Crippen molar-refractivity contribution < 1.29 is 9.53 Å². The van der Waals surface area contributed by atoms with Crippen molar-refractivity contribution in [2.24, 2.45) is 0 Å². The van der Waals surface area contributed by atoms with Crippen molar-refractivity contribution in [3.05, 3.63) is 59.4 Å². The summed E-state index contributed by atoms with van der Waals surface area (Å²) in [6, 6.07) is 10.00. The zero-order chi connectivity index (χ0) is 17.6. The van der Waals surface area contributed by atoms with Crippen LogP contribution < -0.4 is 4.74 Å². The summed E-state index contributed by atoms with van der Waals surface area (Å²) < 4.78 is 5.74.